The van der Waals surface area contributed by atoms with Gasteiger partial charge in [-0.25, -0.2) is 26.7 Å². The highest BCUT2D eigenvalue weighted by molar-refractivity contribution is 5.97. The Morgan fingerprint density at radius 2 is 1.48 bits per heavy atom. The van der Waals surface area contributed by atoms with Crippen molar-refractivity contribution in [1.29, 1.82) is 0 Å². The molecule has 1 aromatic carbocycles. The van der Waals surface area contributed by atoms with Crippen LogP contribution in [-0.2, 0) is 4.79 Å². The van der Waals surface area contributed by atoms with Gasteiger partial charge in [0.05, 0.1) is 0 Å². The normalized spacial score (nSPS) is 11.6. The SMILES string of the molecule is C#CCC(NC(=O)c1c(F)c(F)c(F)c(F)c1F)C(=O)O. The van der Waals surface area contributed by atoms with E-state index in [4.69, 9.17) is 11.5 Å². The van der Waals surface area contributed by atoms with E-state index in [0.29, 0.717) is 0 Å². The Morgan fingerprint density at radius 1 is 1.05 bits per heavy atom. The van der Waals surface area contributed by atoms with Gasteiger partial charge in [-0.2, -0.15) is 0 Å². The molecular weight excluding hydrogens is 301 g/mol. The van der Waals surface area contributed by atoms with Gasteiger partial charge in [-0.1, -0.05) is 0 Å². The van der Waals surface area contributed by atoms with Crippen molar-refractivity contribution in [2.45, 2.75) is 12.5 Å². The number of halogens is 5. The number of carboxylic acid groups (broad SMARTS) is 1. The van der Waals surface area contributed by atoms with E-state index >= 15 is 0 Å². The minimum Gasteiger partial charge on any atom is -0.480 e. The fourth-order valence-corrected chi connectivity index (χ4v) is 1.35. The van der Waals surface area contributed by atoms with E-state index in [1.807, 2.05) is 5.92 Å². The minimum absolute atomic E-state index is 0.545. The van der Waals surface area contributed by atoms with E-state index in [9.17, 15) is 31.5 Å². The van der Waals surface area contributed by atoms with Crippen LogP contribution in [0.5, 0.6) is 0 Å². The Hall–Kier alpha value is -2.63. The van der Waals surface area contributed by atoms with Crippen LogP contribution < -0.4 is 5.32 Å². The molecule has 0 aromatic heterocycles. The maximum absolute atomic E-state index is 13.3. The highest BCUT2D eigenvalue weighted by atomic mass is 19.2. The van der Waals surface area contributed by atoms with E-state index in [-0.39, 0.29) is 0 Å². The predicted molar refractivity (Wildman–Crippen MR) is 58.6 cm³/mol. The van der Waals surface area contributed by atoms with E-state index in [1.165, 1.54) is 0 Å². The Balaban J connectivity index is 3.26. The van der Waals surface area contributed by atoms with Crippen LogP contribution >= 0.6 is 0 Å². The fraction of sp³-hybridized carbons (Fsp3) is 0.167. The molecule has 1 atom stereocenters. The Labute approximate surface area is 114 Å². The molecule has 0 fully saturated rings. The first-order valence-corrected chi connectivity index (χ1v) is 5.20. The van der Waals surface area contributed by atoms with Gasteiger partial charge in [0.15, 0.2) is 23.3 Å². The smallest absolute Gasteiger partial charge is 0.327 e. The second-order valence-electron chi connectivity index (χ2n) is 3.72. The third-order valence-electron chi connectivity index (χ3n) is 2.36. The van der Waals surface area contributed by atoms with Gasteiger partial charge in [0.25, 0.3) is 5.91 Å². The Kier molecular flexibility index (Phi) is 4.86. The van der Waals surface area contributed by atoms with Gasteiger partial charge in [0.2, 0.25) is 5.82 Å². The number of carboxylic acids is 1. The topological polar surface area (TPSA) is 66.4 Å². The first kappa shape index (κ1) is 16.4. The van der Waals surface area contributed by atoms with Gasteiger partial charge in [0.1, 0.15) is 11.6 Å². The summed E-state index contributed by atoms with van der Waals surface area (Å²) in [6, 6.07) is -1.74. The van der Waals surface area contributed by atoms with Crippen molar-refractivity contribution in [3.63, 3.8) is 0 Å². The second kappa shape index (κ2) is 6.21. The molecule has 0 spiro atoms. The monoisotopic (exact) mass is 307 g/mol. The van der Waals surface area contributed by atoms with Crippen molar-refractivity contribution in [2.24, 2.45) is 0 Å². The largest absolute Gasteiger partial charge is 0.480 e. The highest BCUT2D eigenvalue weighted by Gasteiger charge is 2.31. The molecule has 0 saturated heterocycles. The molecule has 0 radical (unpaired) electrons. The third-order valence-corrected chi connectivity index (χ3v) is 2.36. The molecule has 0 heterocycles. The summed E-state index contributed by atoms with van der Waals surface area (Å²) in [7, 11) is 0. The fourth-order valence-electron chi connectivity index (χ4n) is 1.35. The second-order valence-corrected chi connectivity index (χ2v) is 3.72. The molecular formula is C12H6F5NO3. The Bertz CT molecular complexity index is 624. The van der Waals surface area contributed by atoms with Gasteiger partial charge in [-0.3, -0.25) is 4.79 Å². The van der Waals surface area contributed by atoms with Crippen LogP contribution in [0.4, 0.5) is 22.0 Å². The summed E-state index contributed by atoms with van der Waals surface area (Å²) in [5.74, 6) is -13.3. The van der Waals surface area contributed by atoms with Crippen LogP contribution in [0.1, 0.15) is 16.8 Å². The molecule has 0 aliphatic rings. The zero-order valence-electron chi connectivity index (χ0n) is 10.0. The van der Waals surface area contributed by atoms with Crippen LogP contribution in [0, 0.1) is 41.4 Å². The van der Waals surface area contributed by atoms with Crippen molar-refractivity contribution in [1.82, 2.24) is 5.32 Å². The third kappa shape index (κ3) is 3.10. The average Bonchev–Trinajstić information content (AvgIpc) is 2.42. The minimum atomic E-state index is -2.43. The first-order chi connectivity index (χ1) is 9.72. The molecule has 0 bridgehead atoms. The van der Waals surface area contributed by atoms with Gasteiger partial charge in [-0.15, -0.1) is 12.3 Å². The number of nitrogens with one attached hydrogen (secondary N) is 1. The molecule has 112 valence electrons. The summed E-state index contributed by atoms with van der Waals surface area (Å²) < 4.78 is 65.3. The maximum atomic E-state index is 13.3. The number of benzene rings is 1. The van der Waals surface area contributed by atoms with Crippen molar-refractivity contribution in [2.75, 3.05) is 0 Å². The van der Waals surface area contributed by atoms with Crippen molar-refractivity contribution >= 4 is 11.9 Å². The Morgan fingerprint density at radius 3 is 1.86 bits per heavy atom. The first-order valence-electron chi connectivity index (χ1n) is 5.20. The zero-order valence-corrected chi connectivity index (χ0v) is 10.0. The summed E-state index contributed by atoms with van der Waals surface area (Å²) >= 11 is 0. The molecule has 21 heavy (non-hydrogen) atoms. The van der Waals surface area contributed by atoms with Crippen LogP contribution in [0.25, 0.3) is 0 Å². The standard InChI is InChI=1S/C12H6F5NO3/c1-2-3-4(12(20)21)18-11(19)5-6(13)8(15)10(17)9(16)7(5)14/h1,4H,3H2,(H,18,19)(H,20,21). The molecule has 0 saturated carbocycles. The van der Waals surface area contributed by atoms with E-state index < -0.39 is 59.0 Å². The average molecular weight is 307 g/mol. The summed E-state index contributed by atoms with van der Waals surface area (Å²) in [5.41, 5.74) is -1.78. The number of amides is 1. The summed E-state index contributed by atoms with van der Waals surface area (Å²) in [6.07, 6.45) is 4.28. The number of carbonyl (C=O) groups is 2. The molecule has 1 rings (SSSR count). The van der Waals surface area contributed by atoms with Gasteiger partial charge < -0.3 is 10.4 Å². The number of hydrogen-bond acceptors (Lipinski definition) is 2. The highest BCUT2D eigenvalue weighted by Crippen LogP contribution is 2.23. The maximum Gasteiger partial charge on any atom is 0.327 e. The summed E-state index contributed by atoms with van der Waals surface area (Å²) in [5, 5.41) is 10.3. The lowest BCUT2D eigenvalue weighted by Crippen LogP contribution is -2.41. The number of carbonyl (C=O) groups excluding carboxylic acids is 1. The van der Waals surface area contributed by atoms with Gasteiger partial charge in [-0.05, 0) is 0 Å². The van der Waals surface area contributed by atoms with Crippen LogP contribution in [-0.4, -0.2) is 23.0 Å². The van der Waals surface area contributed by atoms with Crippen molar-refractivity contribution in [3.8, 4) is 12.3 Å². The number of terminal acetylenes is 1. The summed E-state index contributed by atoms with van der Waals surface area (Å²) in [4.78, 5) is 22.2. The molecule has 0 aliphatic carbocycles. The molecule has 2 N–H and O–H groups in total. The number of hydrogen-bond donors (Lipinski definition) is 2. The molecule has 1 unspecified atom stereocenters. The molecule has 1 amide bonds. The molecule has 0 aliphatic heterocycles. The summed E-state index contributed by atoms with van der Waals surface area (Å²) in [6.45, 7) is 0. The van der Waals surface area contributed by atoms with Gasteiger partial charge in [0, 0.05) is 6.42 Å². The number of rotatable bonds is 4. The lowest BCUT2D eigenvalue weighted by Gasteiger charge is -2.13. The molecule has 1 aromatic rings. The quantitative estimate of drug-likeness (QED) is 0.384. The number of aliphatic carboxylic acids is 1. The van der Waals surface area contributed by atoms with Crippen LogP contribution in [0.15, 0.2) is 0 Å². The lowest BCUT2D eigenvalue weighted by molar-refractivity contribution is -0.139. The molecule has 4 nitrogen and oxygen atoms in total. The predicted octanol–water partition coefficient (Wildman–Crippen LogP) is 1.59. The zero-order chi connectivity index (χ0) is 16.3. The lowest BCUT2D eigenvalue weighted by atomic mass is 10.1. The van der Waals surface area contributed by atoms with E-state index in [1.54, 1.807) is 5.32 Å². The van der Waals surface area contributed by atoms with Crippen LogP contribution in [0.3, 0.4) is 0 Å². The molecule has 9 heteroatoms. The van der Waals surface area contributed by atoms with Crippen molar-refractivity contribution in [3.05, 3.63) is 34.6 Å². The van der Waals surface area contributed by atoms with Crippen LogP contribution in [0.2, 0.25) is 0 Å². The van der Waals surface area contributed by atoms with E-state index in [0.717, 1.165) is 0 Å². The van der Waals surface area contributed by atoms with Crippen molar-refractivity contribution < 1.29 is 36.6 Å². The van der Waals surface area contributed by atoms with Gasteiger partial charge >= 0.3 is 5.97 Å². The van der Waals surface area contributed by atoms with E-state index in [2.05, 4.69) is 0 Å².